The molecule has 0 unspecified atom stereocenters. The molecular formula is C65H54BiFIr2N5Os3SSeTe-2. The van der Waals surface area contributed by atoms with Gasteiger partial charge in [-0.3, -0.25) is 4.98 Å². The van der Waals surface area contributed by atoms with Crippen LogP contribution in [-0.4, -0.2) is 87.9 Å². The minimum atomic E-state index is -0.531. The molecule has 5 nitrogen and oxygen atoms in total. The summed E-state index contributed by atoms with van der Waals surface area (Å²) in [6.07, 6.45) is 4.11. The van der Waals surface area contributed by atoms with E-state index in [1.807, 2.05) is 176 Å². The first-order valence-corrected chi connectivity index (χ1v) is 29.0. The summed E-state index contributed by atoms with van der Waals surface area (Å²) >= 11 is 9.13. The molecule has 0 atom stereocenters. The fourth-order valence-electron chi connectivity index (χ4n) is 7.49. The number of alkyl halides is 1. The monoisotopic (exact) mass is 2340 g/mol. The predicted octanol–water partition coefficient (Wildman–Crippen LogP) is 9.57. The van der Waals surface area contributed by atoms with E-state index in [0.717, 1.165) is 114 Å². The van der Waals surface area contributed by atoms with Crippen LogP contribution >= 0.6 is 12.6 Å². The first-order valence-electron chi connectivity index (χ1n) is 24.1. The molecule has 413 valence electrons. The van der Waals surface area contributed by atoms with Crippen LogP contribution in [0.15, 0.2) is 229 Å². The van der Waals surface area contributed by atoms with E-state index in [1.165, 1.54) is 20.1 Å². The zero-order valence-corrected chi connectivity index (χ0v) is 65.1. The van der Waals surface area contributed by atoms with Crippen molar-refractivity contribution in [3.8, 4) is 0 Å². The summed E-state index contributed by atoms with van der Waals surface area (Å²) in [5.74, 6) is 0. The number of aromatic nitrogens is 5. The number of halogens is 1. The van der Waals surface area contributed by atoms with E-state index in [-0.39, 0.29) is 99.6 Å². The second-order valence-electron chi connectivity index (χ2n) is 16.8. The Bertz CT molecular complexity index is 3100. The molecule has 5 radical (unpaired) electrons. The van der Waals surface area contributed by atoms with Crippen LogP contribution in [0.25, 0.3) is 10.8 Å². The Hall–Kier alpha value is -2.99. The zero-order valence-electron chi connectivity index (χ0n) is 42.9. The van der Waals surface area contributed by atoms with E-state index in [4.69, 9.17) is 0 Å². The van der Waals surface area contributed by atoms with Gasteiger partial charge in [0.1, 0.15) is 6.67 Å². The molecule has 0 N–H and O–H groups in total. The summed E-state index contributed by atoms with van der Waals surface area (Å²) < 4.78 is 16.3. The molecule has 0 amide bonds. The summed E-state index contributed by atoms with van der Waals surface area (Å²) in [6.45, 7) is -0.531. The van der Waals surface area contributed by atoms with E-state index >= 15 is 0 Å². The van der Waals surface area contributed by atoms with Gasteiger partial charge in [-0.05, 0) is 36.4 Å². The van der Waals surface area contributed by atoms with Gasteiger partial charge >= 0.3 is 348 Å². The van der Waals surface area contributed by atoms with Crippen LogP contribution in [0.3, 0.4) is 0 Å². The Morgan fingerprint density at radius 1 is 0.425 bits per heavy atom. The molecule has 0 fully saturated rings. The maximum atomic E-state index is 12.9. The summed E-state index contributed by atoms with van der Waals surface area (Å²) in [5, 5.41) is 2.88. The SMILES string of the molecule is FCc1cc2ccccc2c(Cc2[c-]cccc2)n1.Sc1cccc(Cc2[c-]cccc2)n1.[BiH2][c]1cccc(Cc2[c-]cccc2)n1.[Ir].[Ir].[Os+].[Os+].[Os+].[SeH]c1cccc(Cc2[c-]cccc2)n1.[TeH]c1cccc(Cc2[c-]cccc2)n1. The minimum absolute atomic E-state index is 0. The van der Waals surface area contributed by atoms with Gasteiger partial charge in [-0.15, -0.1) is 12.6 Å². The van der Waals surface area contributed by atoms with Crippen LogP contribution in [0.5, 0.6) is 0 Å². The summed E-state index contributed by atoms with van der Waals surface area (Å²) in [5.41, 5.74) is 11.6. The number of fused-ring (bicyclic) bond motifs is 1. The molecule has 0 bridgehead atoms. The van der Waals surface area contributed by atoms with Crippen molar-refractivity contribution in [2.75, 3.05) is 0 Å². The van der Waals surface area contributed by atoms with Crippen molar-refractivity contribution < 1.29 is 104 Å². The number of pyridine rings is 5. The van der Waals surface area contributed by atoms with E-state index in [2.05, 4.69) is 132 Å². The van der Waals surface area contributed by atoms with Crippen LogP contribution in [0.4, 0.5) is 4.39 Å². The molecular weight excluding hydrogens is 2270 g/mol. The molecule has 0 spiro atoms. The molecule has 5 heterocycles. The van der Waals surface area contributed by atoms with Crippen molar-refractivity contribution in [1.29, 1.82) is 0 Å². The molecule has 5 aromatic heterocycles. The van der Waals surface area contributed by atoms with Crippen molar-refractivity contribution >= 4 is 98.2 Å². The fourth-order valence-corrected chi connectivity index (χ4v) is 9.84. The topological polar surface area (TPSA) is 64.5 Å². The number of hydrogen-bond donors (Lipinski definition) is 1. The van der Waals surface area contributed by atoms with Crippen molar-refractivity contribution in [1.82, 2.24) is 24.9 Å². The Morgan fingerprint density at radius 3 is 1.25 bits per heavy atom. The van der Waals surface area contributed by atoms with Crippen molar-refractivity contribution in [2.45, 2.75) is 43.8 Å². The molecule has 0 aliphatic carbocycles. The number of thiol groups is 1. The van der Waals surface area contributed by atoms with Crippen molar-refractivity contribution in [3.05, 3.63) is 317 Å². The second kappa shape index (κ2) is 41.9. The Labute approximate surface area is 580 Å². The van der Waals surface area contributed by atoms with Gasteiger partial charge in [0.25, 0.3) is 0 Å². The average Bonchev–Trinajstić information content (AvgIpc) is 3.43. The third-order valence-electron chi connectivity index (χ3n) is 10.9. The molecule has 15 heteroatoms. The fraction of sp³-hybridized carbons (Fsp3) is 0.0923. The van der Waals surface area contributed by atoms with Gasteiger partial charge in [0.15, 0.2) is 0 Å². The summed E-state index contributed by atoms with van der Waals surface area (Å²) in [7, 11) is 0. The van der Waals surface area contributed by atoms with Gasteiger partial charge in [0, 0.05) is 51.3 Å². The molecule has 0 aliphatic rings. The molecule has 0 aliphatic heterocycles. The Morgan fingerprint density at radius 2 is 0.825 bits per heavy atom. The number of benzene rings is 6. The van der Waals surface area contributed by atoms with E-state index in [1.54, 1.807) is 22.3 Å². The Balaban J connectivity index is 0.000000338. The van der Waals surface area contributed by atoms with Crippen LogP contribution in [0, 0.1) is 30.3 Å². The summed E-state index contributed by atoms with van der Waals surface area (Å²) in [6, 6.07) is 89.9. The zero-order chi connectivity index (χ0) is 52.3. The van der Waals surface area contributed by atoms with Crippen LogP contribution in [-0.2, 0) is 138 Å². The third-order valence-corrected chi connectivity index (χ3v) is 13.7. The predicted molar refractivity (Wildman–Crippen MR) is 313 cm³/mol. The molecule has 0 saturated heterocycles. The van der Waals surface area contributed by atoms with E-state index < -0.39 is 6.67 Å². The second-order valence-corrected chi connectivity index (χ2v) is 21.8. The number of rotatable bonds is 11. The van der Waals surface area contributed by atoms with E-state index in [9.17, 15) is 4.39 Å². The third kappa shape index (κ3) is 27.6. The molecule has 11 rings (SSSR count). The van der Waals surface area contributed by atoms with Gasteiger partial charge in [0.2, 0.25) is 0 Å². The Kier molecular flexibility index (Phi) is 38.3. The quantitative estimate of drug-likeness (QED) is 0.0795. The first-order chi connectivity index (χ1) is 36.7. The number of hydrogen-bond acceptors (Lipinski definition) is 6. The average molecular weight is 2330 g/mol. The van der Waals surface area contributed by atoms with Gasteiger partial charge in [0.05, 0.1) is 16.4 Å². The van der Waals surface area contributed by atoms with E-state index in [0.29, 0.717) is 12.1 Å². The van der Waals surface area contributed by atoms with Gasteiger partial charge in [-0.1, -0.05) is 30.3 Å². The molecule has 6 aromatic carbocycles. The summed E-state index contributed by atoms with van der Waals surface area (Å²) in [4.78, 5) is 22.1. The molecule has 11 aromatic rings. The van der Waals surface area contributed by atoms with Crippen LogP contribution in [0.1, 0.15) is 62.0 Å². The van der Waals surface area contributed by atoms with Gasteiger partial charge < -0.3 is 0 Å². The van der Waals surface area contributed by atoms with Gasteiger partial charge in [-0.25, -0.2) is 9.37 Å². The first kappa shape index (κ1) is 73.1. The van der Waals surface area contributed by atoms with Gasteiger partial charge in [-0.2, -0.15) is 71.8 Å². The van der Waals surface area contributed by atoms with Crippen LogP contribution in [0.2, 0.25) is 0 Å². The maximum absolute atomic E-state index is 12.9. The molecule has 80 heavy (non-hydrogen) atoms. The van der Waals surface area contributed by atoms with Crippen molar-refractivity contribution in [2.24, 2.45) is 0 Å². The number of nitrogens with zero attached hydrogens (tertiary/aromatic N) is 5. The normalized spacial score (nSPS) is 9.61. The van der Waals surface area contributed by atoms with Crippen LogP contribution < -0.4 is 11.7 Å². The standard InChI is InChI=1S/C17H13FN.C12H10NS.C12H10NSe.C12H10NTe.C12H9N.Bi.2Ir.3Os.2H/c18-12-15-11-14-8-4-5-9-16(14)17(19-15)10-13-6-2-1-3-7-13;3*14-12-8-4-7-11(13-12)9-10-5-2-1-3-6-10;1-2-6-11(7-3-1)10-12-8-4-5-9-13-12;;;;;;;;/h1-6,8-9,11H,10,12H2;3*1-5,7-8H,9H2,(H,13,14);1-6,8H,10H2;;;;;;;;/q5*-1;;;;3*+1;;. The van der Waals surface area contributed by atoms with Crippen molar-refractivity contribution in [3.63, 3.8) is 0 Å². The molecule has 0 saturated carbocycles.